The minimum absolute atomic E-state index is 0.216. The molecule has 1 atom stereocenters. The molecule has 0 amide bonds. The zero-order valence-electron chi connectivity index (χ0n) is 7.37. The summed E-state index contributed by atoms with van der Waals surface area (Å²) in [5.41, 5.74) is 1.26. The van der Waals surface area contributed by atoms with Crippen LogP contribution in [0.4, 0.5) is 0 Å². The molecule has 0 saturated carbocycles. The van der Waals surface area contributed by atoms with Crippen LogP contribution in [0.15, 0.2) is 29.2 Å². The van der Waals surface area contributed by atoms with Gasteiger partial charge in [-0.2, -0.15) is 0 Å². The second kappa shape index (κ2) is 4.44. The van der Waals surface area contributed by atoms with Crippen molar-refractivity contribution in [2.45, 2.75) is 17.7 Å². The van der Waals surface area contributed by atoms with Crippen molar-refractivity contribution in [3.8, 4) is 5.80 Å². The molecule has 0 aromatic heterocycles. The van der Waals surface area contributed by atoms with Crippen molar-refractivity contribution in [3.63, 3.8) is 0 Å². The maximum atomic E-state index is 5.37. The third-order valence-electron chi connectivity index (χ3n) is 1.86. The summed E-state index contributed by atoms with van der Waals surface area (Å²) in [5.74, 6) is 2.96. The molecule has 1 aromatic rings. The van der Waals surface area contributed by atoms with Crippen LogP contribution < -0.4 is 0 Å². The zero-order chi connectivity index (χ0) is 8.97. The molecule has 12 heavy (non-hydrogen) atoms. The molecule has 0 bridgehead atoms. The molecule has 1 rings (SSSR count). The Hall–Kier alpha value is -0.585. The first-order chi connectivity index (χ1) is 5.79. The van der Waals surface area contributed by atoms with Gasteiger partial charge in [-0.15, -0.1) is 0 Å². The normalized spacial score (nSPS) is 12.3. The fourth-order valence-corrected chi connectivity index (χ4v) is 1.81. The van der Waals surface area contributed by atoms with Crippen molar-refractivity contribution < 1.29 is 0 Å². The van der Waals surface area contributed by atoms with Gasteiger partial charge in [0.2, 0.25) is 0 Å². The SMILES string of the molecule is B#CC(C)c1ccccc1SC. The van der Waals surface area contributed by atoms with Gasteiger partial charge in [0.25, 0.3) is 0 Å². The summed E-state index contributed by atoms with van der Waals surface area (Å²) in [6.45, 7) is 2.05. The van der Waals surface area contributed by atoms with E-state index in [2.05, 4.69) is 31.1 Å². The van der Waals surface area contributed by atoms with Crippen molar-refractivity contribution in [1.29, 1.82) is 0 Å². The van der Waals surface area contributed by atoms with Gasteiger partial charge in [0, 0.05) is 0 Å². The Morgan fingerprint density at radius 2 is 2.08 bits per heavy atom. The van der Waals surface area contributed by atoms with Crippen LogP contribution in [0.3, 0.4) is 0 Å². The average Bonchev–Trinajstić information content (AvgIpc) is 2.16. The molecule has 0 saturated heterocycles. The van der Waals surface area contributed by atoms with Crippen molar-refractivity contribution in [2.24, 2.45) is 0 Å². The van der Waals surface area contributed by atoms with Crippen molar-refractivity contribution in [2.75, 3.05) is 6.26 Å². The molecule has 0 heterocycles. The molecule has 0 nitrogen and oxygen atoms in total. The average molecular weight is 174 g/mol. The van der Waals surface area contributed by atoms with E-state index in [0.717, 1.165) is 0 Å². The number of rotatable bonds is 2. The minimum atomic E-state index is 0.216. The summed E-state index contributed by atoms with van der Waals surface area (Å²) in [4.78, 5) is 1.28. The molecule has 0 aliphatic heterocycles. The van der Waals surface area contributed by atoms with E-state index >= 15 is 0 Å². The van der Waals surface area contributed by atoms with E-state index < -0.39 is 0 Å². The fraction of sp³-hybridized carbons (Fsp3) is 0.300. The Labute approximate surface area is 79.1 Å². The molecule has 0 fully saturated rings. The quantitative estimate of drug-likeness (QED) is 0.490. The molecular formula is C10H11BS. The molecule has 0 spiro atoms. The summed E-state index contributed by atoms with van der Waals surface area (Å²) >= 11 is 1.74. The van der Waals surface area contributed by atoms with Gasteiger partial charge in [-0.05, 0) is 0 Å². The van der Waals surface area contributed by atoms with E-state index in [9.17, 15) is 0 Å². The molecule has 1 unspecified atom stereocenters. The van der Waals surface area contributed by atoms with Gasteiger partial charge < -0.3 is 0 Å². The first-order valence-electron chi connectivity index (χ1n) is 3.88. The van der Waals surface area contributed by atoms with Crippen LogP contribution in [-0.4, -0.2) is 13.6 Å². The van der Waals surface area contributed by atoms with Gasteiger partial charge in [-0.3, -0.25) is 0 Å². The molecule has 1 aromatic carbocycles. The molecule has 0 N–H and O–H groups in total. The summed E-state index contributed by atoms with van der Waals surface area (Å²) in [5, 5.41) is 0. The molecule has 0 aliphatic rings. The second-order valence-electron chi connectivity index (χ2n) is 2.63. The van der Waals surface area contributed by atoms with Gasteiger partial charge in [-0.1, -0.05) is 0 Å². The van der Waals surface area contributed by atoms with Gasteiger partial charge in [-0.25, -0.2) is 0 Å². The van der Waals surface area contributed by atoms with Gasteiger partial charge in [0.1, 0.15) is 0 Å². The third kappa shape index (κ3) is 1.97. The number of benzene rings is 1. The van der Waals surface area contributed by atoms with Crippen LogP contribution in [-0.2, 0) is 0 Å². The van der Waals surface area contributed by atoms with Crippen LogP contribution in [0.25, 0.3) is 0 Å². The monoisotopic (exact) mass is 174 g/mol. The third-order valence-corrected chi connectivity index (χ3v) is 2.67. The van der Waals surface area contributed by atoms with E-state index in [1.54, 1.807) is 11.8 Å². The van der Waals surface area contributed by atoms with Crippen molar-refractivity contribution in [1.82, 2.24) is 0 Å². The Morgan fingerprint density at radius 3 is 2.67 bits per heavy atom. The summed E-state index contributed by atoms with van der Waals surface area (Å²) in [6.07, 6.45) is 2.07. The molecule has 0 aliphatic carbocycles. The number of hydrogen-bond acceptors (Lipinski definition) is 1. The summed E-state index contributed by atoms with van der Waals surface area (Å²) < 4.78 is 0. The molecular weight excluding hydrogens is 163 g/mol. The first-order valence-corrected chi connectivity index (χ1v) is 5.11. The summed E-state index contributed by atoms with van der Waals surface area (Å²) in [7, 11) is 5.37. The Kier molecular flexibility index (Phi) is 3.52. The van der Waals surface area contributed by atoms with E-state index in [-0.39, 0.29) is 5.92 Å². The van der Waals surface area contributed by atoms with Gasteiger partial charge >= 0.3 is 78.7 Å². The number of thioether (sulfide) groups is 1. The van der Waals surface area contributed by atoms with Crippen LogP contribution in [0.2, 0.25) is 0 Å². The standard InChI is InChI=1S/C10H11BS/c1-8(7-11)9-5-3-4-6-10(9)12-2/h3-6,8H,1-2H3. The number of hydrogen-bond donors (Lipinski definition) is 0. The van der Waals surface area contributed by atoms with Crippen LogP contribution in [0.1, 0.15) is 18.4 Å². The van der Waals surface area contributed by atoms with Crippen LogP contribution in [0.5, 0.6) is 0 Å². The molecule has 2 heteroatoms. The molecule has 60 valence electrons. The fourth-order valence-electron chi connectivity index (χ4n) is 1.11. The van der Waals surface area contributed by atoms with E-state index in [1.165, 1.54) is 10.5 Å². The van der Waals surface area contributed by atoms with Crippen LogP contribution in [0, 0.1) is 5.80 Å². The van der Waals surface area contributed by atoms with E-state index in [4.69, 9.17) is 7.33 Å². The molecule has 0 radical (unpaired) electrons. The van der Waals surface area contributed by atoms with Crippen LogP contribution >= 0.6 is 11.8 Å². The summed E-state index contributed by atoms with van der Waals surface area (Å²) in [6, 6.07) is 8.27. The van der Waals surface area contributed by atoms with E-state index in [1.807, 2.05) is 12.1 Å². The Balaban J connectivity index is 3.06. The van der Waals surface area contributed by atoms with Crippen molar-refractivity contribution >= 4 is 19.1 Å². The topological polar surface area (TPSA) is 0 Å². The first kappa shape index (κ1) is 9.50. The maximum absolute atomic E-state index is 5.37. The Morgan fingerprint density at radius 1 is 1.42 bits per heavy atom. The predicted molar refractivity (Wildman–Crippen MR) is 56.3 cm³/mol. The van der Waals surface area contributed by atoms with Crippen molar-refractivity contribution in [3.05, 3.63) is 29.8 Å². The zero-order valence-corrected chi connectivity index (χ0v) is 8.19. The van der Waals surface area contributed by atoms with E-state index in [0.29, 0.717) is 0 Å². The van der Waals surface area contributed by atoms with Gasteiger partial charge in [0.15, 0.2) is 0 Å². The van der Waals surface area contributed by atoms with Gasteiger partial charge in [0.05, 0.1) is 0 Å². The second-order valence-corrected chi connectivity index (χ2v) is 3.48. The Bertz CT molecular complexity index is 301. The predicted octanol–water partition coefficient (Wildman–Crippen LogP) is 2.64.